The zero-order valence-corrected chi connectivity index (χ0v) is 13.4. The first-order chi connectivity index (χ1) is 10.1. The lowest BCUT2D eigenvalue weighted by atomic mass is 10.1. The molecule has 1 saturated carbocycles. The van der Waals surface area contributed by atoms with Crippen molar-refractivity contribution in [3.63, 3.8) is 0 Å². The van der Waals surface area contributed by atoms with Crippen LogP contribution in [-0.2, 0) is 4.79 Å². The lowest BCUT2D eigenvalue weighted by molar-refractivity contribution is -0.123. The van der Waals surface area contributed by atoms with Gasteiger partial charge in [-0.25, -0.2) is 0 Å². The van der Waals surface area contributed by atoms with Crippen LogP contribution in [0.4, 0.5) is 0 Å². The van der Waals surface area contributed by atoms with Crippen LogP contribution in [0.2, 0.25) is 0 Å². The van der Waals surface area contributed by atoms with Crippen molar-refractivity contribution < 1.29 is 4.79 Å². The third-order valence-corrected chi connectivity index (χ3v) is 4.39. The molecule has 0 unspecified atom stereocenters. The summed E-state index contributed by atoms with van der Waals surface area (Å²) in [5, 5.41) is 3.06. The first kappa shape index (κ1) is 14.3. The van der Waals surface area contributed by atoms with Gasteiger partial charge >= 0.3 is 0 Å². The van der Waals surface area contributed by atoms with Gasteiger partial charge in [-0.3, -0.25) is 9.78 Å². The number of hydrogen-bond donors (Lipinski definition) is 1. The van der Waals surface area contributed by atoms with Crippen LogP contribution in [0.25, 0.3) is 0 Å². The molecule has 3 nitrogen and oxygen atoms in total. The lowest BCUT2D eigenvalue weighted by Crippen LogP contribution is -2.28. The second-order valence-electron chi connectivity index (χ2n) is 5.49. The van der Waals surface area contributed by atoms with E-state index in [-0.39, 0.29) is 17.9 Å². The van der Waals surface area contributed by atoms with Crippen molar-refractivity contribution >= 4 is 21.8 Å². The quantitative estimate of drug-likeness (QED) is 0.915. The Morgan fingerprint density at radius 3 is 2.90 bits per heavy atom. The molecule has 21 heavy (non-hydrogen) atoms. The van der Waals surface area contributed by atoms with Crippen LogP contribution in [0.1, 0.15) is 36.6 Å². The fourth-order valence-electron chi connectivity index (χ4n) is 2.62. The third-order valence-electron chi connectivity index (χ3n) is 3.89. The molecule has 1 aliphatic rings. The summed E-state index contributed by atoms with van der Waals surface area (Å²) in [5.74, 6) is 0.557. The van der Waals surface area contributed by atoms with Gasteiger partial charge in [-0.05, 0) is 49.1 Å². The lowest BCUT2D eigenvalue weighted by Gasteiger charge is -2.13. The molecule has 1 aromatic heterocycles. The molecule has 4 heteroatoms. The Labute approximate surface area is 132 Å². The van der Waals surface area contributed by atoms with E-state index in [2.05, 4.69) is 38.4 Å². The Bertz CT molecular complexity index is 644. The standard InChI is InChI=1S/C17H17BrN2O/c1-11(16-7-2-3-8-19-16)20-17(21)15-10-14(15)12-5-4-6-13(18)9-12/h2-9,11,14-15H,10H2,1H3,(H,20,21)/t11-,14-,15-/m0/s1. The number of amides is 1. The van der Waals surface area contributed by atoms with E-state index >= 15 is 0 Å². The molecule has 3 rings (SSSR count). The molecule has 108 valence electrons. The summed E-state index contributed by atoms with van der Waals surface area (Å²) < 4.78 is 1.06. The molecule has 1 amide bonds. The van der Waals surface area contributed by atoms with Gasteiger partial charge in [0.05, 0.1) is 11.7 Å². The van der Waals surface area contributed by atoms with E-state index in [9.17, 15) is 4.79 Å². The fourth-order valence-corrected chi connectivity index (χ4v) is 3.03. The van der Waals surface area contributed by atoms with Crippen molar-refractivity contribution in [2.24, 2.45) is 5.92 Å². The van der Waals surface area contributed by atoms with E-state index in [0.717, 1.165) is 16.6 Å². The Balaban J connectivity index is 1.61. The van der Waals surface area contributed by atoms with E-state index in [1.165, 1.54) is 5.56 Å². The van der Waals surface area contributed by atoms with Crippen LogP contribution in [0.5, 0.6) is 0 Å². The van der Waals surface area contributed by atoms with Gasteiger partial charge in [-0.2, -0.15) is 0 Å². The Morgan fingerprint density at radius 1 is 1.33 bits per heavy atom. The molecule has 1 heterocycles. The molecule has 3 atom stereocenters. The maximum Gasteiger partial charge on any atom is 0.224 e. The first-order valence-corrected chi connectivity index (χ1v) is 7.91. The SMILES string of the molecule is C[C@H](NC(=O)[C@H]1C[C@H]1c1cccc(Br)c1)c1ccccn1. The van der Waals surface area contributed by atoms with Crippen molar-refractivity contribution in [2.45, 2.75) is 25.3 Å². The largest absolute Gasteiger partial charge is 0.348 e. The normalized spacial score (nSPS) is 21.6. The van der Waals surface area contributed by atoms with Crippen LogP contribution < -0.4 is 5.32 Å². The average Bonchev–Trinajstić information content (AvgIpc) is 3.29. The number of halogens is 1. The van der Waals surface area contributed by atoms with Crippen molar-refractivity contribution in [1.82, 2.24) is 10.3 Å². The summed E-state index contributed by atoms with van der Waals surface area (Å²) in [7, 11) is 0. The average molecular weight is 345 g/mol. The number of hydrogen-bond acceptors (Lipinski definition) is 2. The van der Waals surface area contributed by atoms with Crippen LogP contribution in [0.3, 0.4) is 0 Å². The predicted octanol–water partition coefficient (Wildman–Crippen LogP) is 3.83. The highest BCUT2D eigenvalue weighted by molar-refractivity contribution is 9.10. The summed E-state index contributed by atoms with van der Waals surface area (Å²) in [6, 6.07) is 13.9. The van der Waals surface area contributed by atoms with Gasteiger partial charge in [-0.15, -0.1) is 0 Å². The van der Waals surface area contributed by atoms with E-state index < -0.39 is 0 Å². The van der Waals surface area contributed by atoms with E-state index in [1.807, 2.05) is 37.3 Å². The molecule has 1 fully saturated rings. The molecule has 1 N–H and O–H groups in total. The van der Waals surface area contributed by atoms with Crippen molar-refractivity contribution in [1.29, 1.82) is 0 Å². The smallest absolute Gasteiger partial charge is 0.224 e. The Hall–Kier alpha value is -1.68. The second kappa shape index (κ2) is 5.98. The molecule has 1 aliphatic carbocycles. The third kappa shape index (κ3) is 3.32. The van der Waals surface area contributed by atoms with Crippen molar-refractivity contribution in [2.75, 3.05) is 0 Å². The number of nitrogens with zero attached hydrogens (tertiary/aromatic N) is 1. The molecule has 2 aromatic rings. The minimum Gasteiger partial charge on any atom is -0.348 e. The molecule has 0 aliphatic heterocycles. The minimum atomic E-state index is -0.0533. The number of carbonyl (C=O) groups is 1. The zero-order chi connectivity index (χ0) is 14.8. The molecule has 1 aromatic carbocycles. The summed E-state index contributed by atoms with van der Waals surface area (Å²) >= 11 is 3.48. The summed E-state index contributed by atoms with van der Waals surface area (Å²) in [5.41, 5.74) is 2.13. The summed E-state index contributed by atoms with van der Waals surface area (Å²) in [6.45, 7) is 1.97. The highest BCUT2D eigenvalue weighted by Crippen LogP contribution is 2.48. The number of carbonyl (C=O) groups excluding carboxylic acids is 1. The van der Waals surface area contributed by atoms with Gasteiger partial charge in [0, 0.05) is 16.6 Å². The maximum absolute atomic E-state index is 12.3. The van der Waals surface area contributed by atoms with Crippen molar-refractivity contribution in [3.8, 4) is 0 Å². The molecular formula is C17H17BrN2O. The van der Waals surface area contributed by atoms with Crippen molar-refractivity contribution in [3.05, 3.63) is 64.4 Å². The molecule has 0 saturated heterocycles. The first-order valence-electron chi connectivity index (χ1n) is 7.12. The zero-order valence-electron chi connectivity index (χ0n) is 11.8. The number of rotatable bonds is 4. The highest BCUT2D eigenvalue weighted by Gasteiger charge is 2.44. The number of aromatic nitrogens is 1. The Morgan fingerprint density at radius 2 is 2.19 bits per heavy atom. The summed E-state index contributed by atoms with van der Waals surface area (Å²) in [6.07, 6.45) is 2.68. The second-order valence-corrected chi connectivity index (χ2v) is 6.40. The van der Waals surface area contributed by atoms with Gasteiger partial charge < -0.3 is 5.32 Å². The number of pyridine rings is 1. The van der Waals surface area contributed by atoms with Gasteiger partial charge in [-0.1, -0.05) is 34.1 Å². The molecule has 0 bridgehead atoms. The maximum atomic E-state index is 12.3. The topological polar surface area (TPSA) is 42.0 Å². The van der Waals surface area contributed by atoms with E-state index in [4.69, 9.17) is 0 Å². The van der Waals surface area contributed by atoms with Crippen LogP contribution in [0, 0.1) is 5.92 Å². The van der Waals surface area contributed by atoms with Gasteiger partial charge in [0.1, 0.15) is 0 Å². The van der Waals surface area contributed by atoms with Gasteiger partial charge in [0.15, 0.2) is 0 Å². The minimum absolute atomic E-state index is 0.0533. The summed E-state index contributed by atoms with van der Waals surface area (Å²) in [4.78, 5) is 16.6. The van der Waals surface area contributed by atoms with Crippen LogP contribution in [0.15, 0.2) is 53.1 Å². The number of benzene rings is 1. The number of nitrogens with one attached hydrogen (secondary N) is 1. The predicted molar refractivity (Wildman–Crippen MR) is 85.8 cm³/mol. The Kier molecular flexibility index (Phi) is 4.06. The monoisotopic (exact) mass is 344 g/mol. The van der Waals surface area contributed by atoms with E-state index in [1.54, 1.807) is 6.20 Å². The molecular weight excluding hydrogens is 328 g/mol. The van der Waals surface area contributed by atoms with E-state index in [0.29, 0.717) is 5.92 Å². The van der Waals surface area contributed by atoms with Crippen LogP contribution >= 0.6 is 15.9 Å². The fraction of sp³-hybridized carbons (Fsp3) is 0.294. The molecule has 0 spiro atoms. The van der Waals surface area contributed by atoms with Gasteiger partial charge in [0.25, 0.3) is 0 Å². The van der Waals surface area contributed by atoms with Gasteiger partial charge in [0.2, 0.25) is 5.91 Å². The highest BCUT2D eigenvalue weighted by atomic mass is 79.9. The van der Waals surface area contributed by atoms with Crippen LogP contribution in [-0.4, -0.2) is 10.9 Å². The molecule has 0 radical (unpaired) electrons.